The number of nitrogens with one attached hydrogen (secondary N) is 1. The van der Waals surface area contributed by atoms with Crippen molar-refractivity contribution in [1.82, 2.24) is 5.32 Å². The number of ether oxygens (including phenoxy) is 1. The van der Waals surface area contributed by atoms with Crippen molar-refractivity contribution in [3.63, 3.8) is 0 Å². The van der Waals surface area contributed by atoms with Crippen LogP contribution in [0.4, 0.5) is 0 Å². The highest BCUT2D eigenvalue weighted by atomic mass is 31.2. The number of unbranched alkanes of at least 4 members (excludes halogenated alkanes) is 25. The summed E-state index contributed by atoms with van der Waals surface area (Å²) in [6.07, 6.45) is 84.8. The van der Waals surface area contributed by atoms with E-state index in [1.165, 1.54) is 103 Å². The highest BCUT2D eigenvalue weighted by molar-refractivity contribution is 7.47. The summed E-state index contributed by atoms with van der Waals surface area (Å²) in [4.78, 5) is 37.8. The summed E-state index contributed by atoms with van der Waals surface area (Å²) in [6.45, 7) is 6.84. The van der Waals surface area contributed by atoms with Crippen LogP contribution in [0.15, 0.2) is 122 Å². The first-order chi connectivity index (χ1) is 39.9. The van der Waals surface area contributed by atoms with E-state index >= 15 is 0 Å². The third kappa shape index (κ3) is 61.0. The van der Waals surface area contributed by atoms with Gasteiger partial charge in [-0.2, -0.15) is 0 Å². The fourth-order valence-corrected chi connectivity index (χ4v) is 9.74. The van der Waals surface area contributed by atoms with Gasteiger partial charge in [-0.3, -0.25) is 18.6 Å². The van der Waals surface area contributed by atoms with Gasteiger partial charge in [0.05, 0.1) is 33.8 Å². The van der Waals surface area contributed by atoms with Gasteiger partial charge in [-0.05, 0) is 122 Å². The molecule has 0 aliphatic carbocycles. The van der Waals surface area contributed by atoms with E-state index < -0.39 is 20.0 Å². The fourth-order valence-electron chi connectivity index (χ4n) is 9.01. The van der Waals surface area contributed by atoms with Gasteiger partial charge in [0.15, 0.2) is 0 Å². The second-order valence-corrected chi connectivity index (χ2v) is 24.7. The van der Waals surface area contributed by atoms with Crippen molar-refractivity contribution < 1.29 is 37.3 Å². The Morgan fingerprint density at radius 2 is 0.780 bits per heavy atom. The molecule has 2 N–H and O–H groups in total. The molecule has 0 aromatic carbocycles. The third-order valence-electron chi connectivity index (χ3n) is 14.1. The Kier molecular flexibility index (Phi) is 57.9. The summed E-state index contributed by atoms with van der Waals surface area (Å²) in [7, 11) is 1.46. The molecule has 0 heterocycles. The summed E-state index contributed by atoms with van der Waals surface area (Å²) < 4.78 is 30.7. The Hall–Kier alpha value is -3.59. The van der Waals surface area contributed by atoms with E-state index in [9.17, 15) is 19.0 Å². The lowest BCUT2D eigenvalue weighted by molar-refractivity contribution is -0.870. The zero-order valence-electron chi connectivity index (χ0n) is 53.7. The lowest BCUT2D eigenvalue weighted by atomic mass is 10.0. The number of hydrogen-bond donors (Lipinski definition) is 2. The van der Waals surface area contributed by atoms with E-state index in [0.717, 1.165) is 128 Å². The average molecular weight is 1160 g/mol. The molecule has 0 radical (unpaired) electrons. The van der Waals surface area contributed by atoms with Crippen LogP contribution in [0.1, 0.15) is 271 Å². The molecule has 0 saturated heterocycles. The van der Waals surface area contributed by atoms with Gasteiger partial charge >= 0.3 is 13.8 Å². The molecule has 0 aromatic heterocycles. The number of carbonyl (C=O) groups excluding carboxylic acids is 2. The van der Waals surface area contributed by atoms with E-state index in [2.05, 4.69) is 135 Å². The second-order valence-electron chi connectivity index (χ2n) is 23.3. The molecule has 0 rings (SSSR count). The number of nitrogens with zero attached hydrogens (tertiary/aromatic N) is 1. The number of likely N-dealkylation sites (N-methyl/N-ethyl adjacent to an activating group) is 1. The summed E-state index contributed by atoms with van der Waals surface area (Å²) in [5.41, 5.74) is 0. The van der Waals surface area contributed by atoms with Gasteiger partial charge < -0.3 is 19.4 Å². The number of carbonyl (C=O) groups is 2. The van der Waals surface area contributed by atoms with Gasteiger partial charge in [0, 0.05) is 12.8 Å². The number of allylic oxidation sites excluding steroid dienone is 19. The lowest BCUT2D eigenvalue weighted by Gasteiger charge is -2.27. The smallest absolute Gasteiger partial charge is 0.456 e. The molecule has 1 amide bonds. The first-order valence-corrected chi connectivity index (χ1v) is 34.9. The standard InChI is InChI=1S/C72H125N2O7P/c1-7-10-13-16-19-22-25-28-30-32-33-34-35-36-37-38-39-40-41-43-45-47-50-53-56-59-62-65-72(76)81-70(63-60-57-54-51-48-27-24-21-18-15-12-9-3)69(68-80-82(77,78)79-67-66-74(4,5)6)73-71(75)64-61-58-55-52-49-46-44-42-31-29-26-23-20-17-14-11-8-2/h10,13,19-20,22-23,28-31,33-34,36-37,39-40,44,46,60,63,69-70H,7-9,11-12,14-18,21,24-27,32,35,38,41-43,45,47-59,61-62,64-68H2,1-6H3,(H-,73,75,77,78)/p+1/b13-10-,22-19-,23-20-,30-28-,31-29-,34-33-,37-36-,40-39-,46-44-,63-60-. The minimum absolute atomic E-state index is 0.0283. The molecule has 3 unspecified atom stereocenters. The van der Waals surface area contributed by atoms with Crippen LogP contribution in [0, 0.1) is 0 Å². The zero-order valence-corrected chi connectivity index (χ0v) is 54.6. The van der Waals surface area contributed by atoms with Crippen LogP contribution >= 0.6 is 7.82 Å². The lowest BCUT2D eigenvalue weighted by Crippen LogP contribution is -2.47. The largest absolute Gasteiger partial charge is 0.472 e. The summed E-state index contributed by atoms with van der Waals surface area (Å²) in [5.74, 6) is -0.545. The SMILES string of the molecule is CC/C=C\C/C=C\C/C=C\C/C=C\C/C=C\C/C=C\CCCCCCCCCCC(=O)OC(/C=C\CCCCCCCCCCCC)C(COP(=O)(O)OCC[N+](C)(C)C)NC(=O)CCCCCC/C=C\C/C=C\C/C=C\CCCCC. The van der Waals surface area contributed by atoms with E-state index in [1.54, 1.807) is 0 Å². The van der Waals surface area contributed by atoms with Crippen LogP contribution in [0.2, 0.25) is 0 Å². The van der Waals surface area contributed by atoms with Gasteiger partial charge in [0.2, 0.25) is 5.91 Å². The van der Waals surface area contributed by atoms with Crippen molar-refractivity contribution in [2.45, 2.75) is 283 Å². The molecule has 0 aliphatic heterocycles. The summed E-state index contributed by atoms with van der Waals surface area (Å²) >= 11 is 0. The molecular weight excluding hydrogens is 1040 g/mol. The molecule has 0 bridgehead atoms. The molecule has 10 heteroatoms. The van der Waals surface area contributed by atoms with Gasteiger partial charge in [0.25, 0.3) is 0 Å². The number of phosphoric ester groups is 1. The highest BCUT2D eigenvalue weighted by Gasteiger charge is 2.30. The normalized spacial score (nSPS) is 14.4. The van der Waals surface area contributed by atoms with Gasteiger partial charge in [-0.1, -0.05) is 258 Å². The van der Waals surface area contributed by atoms with Crippen LogP contribution < -0.4 is 5.32 Å². The maximum Gasteiger partial charge on any atom is 0.472 e. The van der Waals surface area contributed by atoms with Crippen molar-refractivity contribution in [2.75, 3.05) is 40.9 Å². The number of amides is 1. The average Bonchev–Trinajstić information content (AvgIpc) is 3.44. The van der Waals surface area contributed by atoms with Crippen LogP contribution in [0.25, 0.3) is 0 Å². The van der Waals surface area contributed by atoms with Gasteiger partial charge in [0.1, 0.15) is 19.3 Å². The number of quaternary nitrogens is 1. The quantitative estimate of drug-likeness (QED) is 0.0205. The Balaban J connectivity index is 5.18. The molecule has 0 aromatic rings. The van der Waals surface area contributed by atoms with E-state index in [4.69, 9.17) is 13.8 Å². The minimum atomic E-state index is -4.47. The summed E-state index contributed by atoms with van der Waals surface area (Å²) in [5, 5.41) is 3.04. The maximum atomic E-state index is 13.6. The number of hydrogen-bond acceptors (Lipinski definition) is 6. The van der Waals surface area contributed by atoms with Crippen LogP contribution in [0.3, 0.4) is 0 Å². The zero-order chi connectivity index (χ0) is 60.0. The van der Waals surface area contributed by atoms with Crippen LogP contribution in [0.5, 0.6) is 0 Å². The second kappa shape index (κ2) is 60.5. The van der Waals surface area contributed by atoms with Crippen molar-refractivity contribution in [3.8, 4) is 0 Å². The Morgan fingerprint density at radius 1 is 0.439 bits per heavy atom. The van der Waals surface area contributed by atoms with E-state index in [-0.39, 0.29) is 31.5 Å². The Labute approximate surface area is 505 Å². The first kappa shape index (κ1) is 78.4. The molecule has 0 aliphatic rings. The monoisotopic (exact) mass is 1160 g/mol. The highest BCUT2D eigenvalue weighted by Crippen LogP contribution is 2.43. The van der Waals surface area contributed by atoms with Crippen LogP contribution in [-0.2, 0) is 27.9 Å². The maximum absolute atomic E-state index is 13.6. The van der Waals surface area contributed by atoms with Crippen molar-refractivity contribution >= 4 is 19.7 Å². The van der Waals surface area contributed by atoms with Crippen molar-refractivity contribution in [1.29, 1.82) is 0 Å². The molecule has 3 atom stereocenters. The number of rotatable bonds is 59. The summed E-state index contributed by atoms with van der Waals surface area (Å²) in [6, 6.07) is -0.872. The molecule has 470 valence electrons. The number of phosphoric acid groups is 1. The predicted octanol–water partition coefficient (Wildman–Crippen LogP) is 21.1. The minimum Gasteiger partial charge on any atom is -0.456 e. The van der Waals surface area contributed by atoms with Crippen molar-refractivity contribution in [2.24, 2.45) is 0 Å². The molecule has 0 spiro atoms. The molecule has 82 heavy (non-hydrogen) atoms. The molecule has 0 fully saturated rings. The molecule has 0 saturated carbocycles. The van der Waals surface area contributed by atoms with Crippen LogP contribution in [-0.4, -0.2) is 74.3 Å². The van der Waals surface area contributed by atoms with Gasteiger partial charge in [-0.15, -0.1) is 0 Å². The predicted molar refractivity (Wildman–Crippen MR) is 355 cm³/mol. The third-order valence-corrected chi connectivity index (χ3v) is 15.1. The van der Waals surface area contributed by atoms with Crippen molar-refractivity contribution in [3.05, 3.63) is 122 Å². The fraction of sp³-hybridized carbons (Fsp3) is 0.694. The van der Waals surface area contributed by atoms with E-state index in [1.807, 2.05) is 33.3 Å². The number of esters is 1. The first-order valence-electron chi connectivity index (χ1n) is 33.4. The van der Waals surface area contributed by atoms with E-state index in [0.29, 0.717) is 23.9 Å². The van der Waals surface area contributed by atoms with Gasteiger partial charge in [-0.25, -0.2) is 4.57 Å². The molecule has 9 nitrogen and oxygen atoms in total. The Bertz CT molecular complexity index is 1820. The topological polar surface area (TPSA) is 111 Å². The molecular formula is C72H126N2O7P+. The Morgan fingerprint density at radius 3 is 1.20 bits per heavy atom.